The summed E-state index contributed by atoms with van der Waals surface area (Å²) >= 11 is 12.6. The number of hydrogen-bond acceptors (Lipinski definition) is 10. The molecule has 4 amide bonds. The SMILES string of the molecule is COc1cc(C2C3=CCC4C(=O)N(CCCC(=O)O)C(=O)C4C3CC3C(=O)N(Nc4ncc(C(F)(F)F)cc4Cl)C(=O)C32c2ccc(Cl)cc2)cc(OC)c1O. The number of carboxylic acids is 1. The number of phenolic OH excluding ortho intramolecular Hbond substituents is 1. The van der Waals surface area contributed by atoms with Crippen LogP contribution in [0.1, 0.15) is 48.3 Å². The van der Waals surface area contributed by atoms with Gasteiger partial charge in [-0.2, -0.15) is 18.2 Å². The van der Waals surface area contributed by atoms with Crippen LogP contribution in [0.15, 0.2) is 60.3 Å². The highest BCUT2D eigenvalue weighted by atomic mass is 35.5. The van der Waals surface area contributed by atoms with Crippen LogP contribution in [0.3, 0.4) is 0 Å². The molecule has 2 aliphatic heterocycles. The summed E-state index contributed by atoms with van der Waals surface area (Å²) in [4.78, 5) is 74.2. The lowest BCUT2D eigenvalue weighted by Crippen LogP contribution is -2.53. The molecule has 7 rings (SSSR count). The molecule has 56 heavy (non-hydrogen) atoms. The number of nitrogens with zero attached hydrogens (tertiary/aromatic N) is 3. The van der Waals surface area contributed by atoms with Crippen LogP contribution in [-0.4, -0.2) is 75.5 Å². The predicted octanol–water partition coefficient (Wildman–Crippen LogP) is 5.98. The van der Waals surface area contributed by atoms with E-state index in [0.29, 0.717) is 39.0 Å². The minimum Gasteiger partial charge on any atom is -0.502 e. The number of aromatic hydroxyl groups is 1. The number of carbonyl (C=O) groups is 5. The van der Waals surface area contributed by atoms with E-state index in [0.717, 1.165) is 4.90 Å². The lowest BCUT2D eigenvalue weighted by atomic mass is 9.49. The number of anilines is 1. The van der Waals surface area contributed by atoms with Crippen molar-refractivity contribution in [2.24, 2.45) is 23.7 Å². The van der Waals surface area contributed by atoms with Crippen molar-refractivity contribution in [3.63, 3.8) is 0 Å². The number of likely N-dealkylation sites (tertiary alicyclic amines) is 1. The maximum atomic E-state index is 15.3. The summed E-state index contributed by atoms with van der Waals surface area (Å²) < 4.78 is 51.4. The van der Waals surface area contributed by atoms with Crippen molar-refractivity contribution in [1.29, 1.82) is 0 Å². The largest absolute Gasteiger partial charge is 0.502 e. The molecule has 3 N–H and O–H groups in total. The molecular weight excluding hydrogens is 784 g/mol. The van der Waals surface area contributed by atoms with Crippen molar-refractivity contribution in [3.8, 4) is 17.2 Å². The number of ether oxygens (including phenoxy) is 2. The van der Waals surface area contributed by atoms with E-state index in [1.165, 1.54) is 38.5 Å². The standard InChI is InChI=1S/C38H33Cl2F3N4O9/c1-55-26-12-17(13-27(56-2)31(26)50)30-21-9-10-22-29(35(53)46(33(22)51)11-3-4-28(48)49)23(21)15-24-34(52)47(36(54)37(24,30)18-5-7-20(39)8-6-18)45-32-25(40)14-19(16-44-32)38(41,42)43/h5-9,12-14,16,22-24,29-30,50H,3-4,10-11,15H2,1-2H3,(H,44,45)(H,48,49). The van der Waals surface area contributed by atoms with Crippen molar-refractivity contribution >= 4 is 58.6 Å². The lowest BCUT2D eigenvalue weighted by Gasteiger charge is -2.50. The summed E-state index contributed by atoms with van der Waals surface area (Å²) in [7, 11) is 2.62. The first-order valence-electron chi connectivity index (χ1n) is 17.4. The highest BCUT2D eigenvalue weighted by Crippen LogP contribution is 2.65. The summed E-state index contributed by atoms with van der Waals surface area (Å²) in [6.07, 6.45) is -2.78. The Morgan fingerprint density at radius 1 is 1.00 bits per heavy atom. The summed E-state index contributed by atoms with van der Waals surface area (Å²) in [5, 5.41) is 20.6. The molecule has 3 aromatic rings. The second kappa shape index (κ2) is 14.3. The average molecular weight is 818 g/mol. The summed E-state index contributed by atoms with van der Waals surface area (Å²) in [6, 6.07) is 9.79. The zero-order valence-electron chi connectivity index (χ0n) is 29.6. The van der Waals surface area contributed by atoms with Crippen LogP contribution < -0.4 is 14.9 Å². The van der Waals surface area contributed by atoms with Crippen molar-refractivity contribution in [1.82, 2.24) is 14.9 Å². The van der Waals surface area contributed by atoms with Gasteiger partial charge < -0.3 is 19.7 Å². The van der Waals surface area contributed by atoms with Gasteiger partial charge in [-0.05, 0) is 66.6 Å². The summed E-state index contributed by atoms with van der Waals surface area (Å²) in [6.45, 7) is -0.122. The quantitative estimate of drug-likeness (QED) is 0.162. The Balaban J connectivity index is 1.43. The monoisotopic (exact) mass is 816 g/mol. The number of amides is 4. The number of phenols is 1. The minimum absolute atomic E-state index is 0.0311. The predicted molar refractivity (Wildman–Crippen MR) is 192 cm³/mol. The number of alkyl halides is 3. The van der Waals surface area contributed by atoms with E-state index in [1.54, 1.807) is 18.2 Å². The van der Waals surface area contributed by atoms with Gasteiger partial charge in [0, 0.05) is 30.1 Å². The highest BCUT2D eigenvalue weighted by molar-refractivity contribution is 6.33. The first-order valence-corrected chi connectivity index (χ1v) is 18.2. The topological polar surface area (TPSA) is 176 Å². The summed E-state index contributed by atoms with van der Waals surface area (Å²) in [5.41, 5.74) is 0.752. The maximum absolute atomic E-state index is 15.3. The van der Waals surface area contributed by atoms with Crippen molar-refractivity contribution < 1.29 is 56.8 Å². The van der Waals surface area contributed by atoms with Gasteiger partial charge in [0.15, 0.2) is 17.3 Å². The van der Waals surface area contributed by atoms with E-state index < -0.39 is 87.2 Å². The molecule has 1 aromatic heterocycles. The number of aromatic nitrogens is 1. The number of fused-ring (bicyclic) bond motifs is 4. The molecule has 2 aliphatic carbocycles. The fraction of sp³-hybridized carbons (Fsp3) is 0.368. The minimum atomic E-state index is -4.78. The Kier molecular flexibility index (Phi) is 9.94. The Hall–Kier alpha value is -5.35. The van der Waals surface area contributed by atoms with E-state index in [9.17, 15) is 42.6 Å². The number of allylic oxidation sites excluding steroid dienone is 2. The number of pyridine rings is 1. The van der Waals surface area contributed by atoms with Gasteiger partial charge in [-0.3, -0.25) is 34.3 Å². The molecule has 6 atom stereocenters. The Bertz CT molecular complexity index is 2180. The lowest BCUT2D eigenvalue weighted by molar-refractivity contribution is -0.142. The number of halogens is 5. The Morgan fingerprint density at radius 2 is 1.66 bits per heavy atom. The zero-order valence-corrected chi connectivity index (χ0v) is 31.1. The molecule has 3 heterocycles. The number of methoxy groups -OCH3 is 2. The van der Waals surface area contributed by atoms with Gasteiger partial charge >= 0.3 is 12.1 Å². The maximum Gasteiger partial charge on any atom is 0.417 e. The molecule has 0 radical (unpaired) electrons. The van der Waals surface area contributed by atoms with E-state index >= 15 is 4.79 Å². The van der Waals surface area contributed by atoms with Crippen molar-refractivity contribution in [3.05, 3.63) is 87.0 Å². The number of benzene rings is 2. The molecule has 0 bridgehead atoms. The number of hydrazine groups is 1. The van der Waals surface area contributed by atoms with Gasteiger partial charge in [0.05, 0.1) is 48.0 Å². The fourth-order valence-corrected chi connectivity index (χ4v) is 9.25. The van der Waals surface area contributed by atoms with Gasteiger partial charge in [0.1, 0.15) is 0 Å². The van der Waals surface area contributed by atoms with E-state index in [-0.39, 0.29) is 49.5 Å². The van der Waals surface area contributed by atoms with Crippen LogP contribution in [0.2, 0.25) is 10.0 Å². The number of rotatable bonds is 10. The molecular formula is C38H33Cl2F3N4O9. The number of carboxylic acid groups (broad SMARTS) is 1. The molecule has 3 fully saturated rings. The van der Waals surface area contributed by atoms with Crippen LogP contribution in [0, 0.1) is 23.7 Å². The van der Waals surface area contributed by atoms with Gasteiger partial charge in [-0.25, -0.2) is 4.98 Å². The second-order valence-electron chi connectivity index (χ2n) is 14.0. The Labute approximate surface area is 326 Å². The van der Waals surface area contributed by atoms with Gasteiger partial charge in [-0.1, -0.05) is 47.0 Å². The third-order valence-electron chi connectivity index (χ3n) is 11.3. The smallest absolute Gasteiger partial charge is 0.417 e. The van der Waals surface area contributed by atoms with Crippen molar-refractivity contribution in [2.75, 3.05) is 26.2 Å². The molecule has 18 heteroatoms. The zero-order chi connectivity index (χ0) is 40.4. The van der Waals surface area contributed by atoms with Gasteiger partial charge in [0.2, 0.25) is 17.6 Å². The number of hydrogen-bond donors (Lipinski definition) is 3. The molecule has 2 saturated heterocycles. The number of carbonyl (C=O) groups excluding carboxylic acids is 4. The highest BCUT2D eigenvalue weighted by Gasteiger charge is 2.70. The van der Waals surface area contributed by atoms with Crippen LogP contribution in [-0.2, 0) is 35.6 Å². The first kappa shape index (κ1) is 38.9. The molecule has 294 valence electrons. The molecule has 1 saturated carbocycles. The Morgan fingerprint density at radius 3 is 2.25 bits per heavy atom. The molecule has 6 unspecified atom stereocenters. The molecule has 13 nitrogen and oxygen atoms in total. The third kappa shape index (κ3) is 6.09. The van der Waals surface area contributed by atoms with Gasteiger partial charge in [0.25, 0.3) is 11.8 Å². The van der Waals surface area contributed by atoms with E-state index in [4.69, 9.17) is 32.7 Å². The molecule has 2 aromatic carbocycles. The van der Waals surface area contributed by atoms with Crippen LogP contribution in [0.5, 0.6) is 17.2 Å². The third-order valence-corrected chi connectivity index (χ3v) is 11.8. The first-order chi connectivity index (χ1) is 26.5. The second-order valence-corrected chi connectivity index (χ2v) is 14.9. The normalized spacial score (nSPS) is 25.8. The molecule has 0 spiro atoms. The van der Waals surface area contributed by atoms with Crippen LogP contribution >= 0.6 is 23.2 Å². The average Bonchev–Trinajstić information content (AvgIpc) is 3.52. The fourth-order valence-electron chi connectivity index (χ4n) is 8.91. The summed E-state index contributed by atoms with van der Waals surface area (Å²) in [5.74, 6) is -9.60. The van der Waals surface area contributed by atoms with Crippen LogP contribution in [0.25, 0.3) is 0 Å². The number of aliphatic carboxylic acids is 1. The van der Waals surface area contributed by atoms with Crippen molar-refractivity contribution in [2.45, 2.75) is 43.2 Å². The van der Waals surface area contributed by atoms with Gasteiger partial charge in [-0.15, -0.1) is 0 Å². The number of imide groups is 2. The van der Waals surface area contributed by atoms with Crippen LogP contribution in [0.4, 0.5) is 19.0 Å². The van der Waals surface area contributed by atoms with E-state index in [1.807, 2.05) is 0 Å². The number of nitrogens with one attached hydrogen (secondary N) is 1. The van der Waals surface area contributed by atoms with E-state index in [2.05, 4.69) is 10.4 Å². The molecule has 4 aliphatic rings.